The van der Waals surface area contributed by atoms with Crippen LogP contribution in [0.15, 0.2) is 0 Å². The number of likely N-dealkylation sites (tertiary alicyclic amines) is 1. The fourth-order valence-corrected chi connectivity index (χ4v) is 2.27. The molecule has 1 N–H and O–H groups in total. The molecule has 3 nitrogen and oxygen atoms in total. The number of rotatable bonds is 6. The van der Waals surface area contributed by atoms with Gasteiger partial charge in [0.15, 0.2) is 0 Å². The topological polar surface area (TPSA) is 32.7 Å². The Kier molecular flexibility index (Phi) is 5.45. The van der Waals surface area contributed by atoms with Crippen LogP contribution in [0.5, 0.6) is 0 Å². The highest BCUT2D eigenvalue weighted by Gasteiger charge is 2.23. The molecular formula is C11H23NO2. The Labute approximate surface area is 87.1 Å². The molecule has 14 heavy (non-hydrogen) atoms. The van der Waals surface area contributed by atoms with Gasteiger partial charge in [-0.1, -0.05) is 13.3 Å². The van der Waals surface area contributed by atoms with Crippen molar-refractivity contribution in [2.24, 2.45) is 5.92 Å². The fraction of sp³-hybridized carbons (Fsp3) is 1.00. The highest BCUT2D eigenvalue weighted by Crippen LogP contribution is 2.20. The van der Waals surface area contributed by atoms with Crippen LogP contribution in [-0.2, 0) is 4.74 Å². The van der Waals surface area contributed by atoms with Crippen molar-refractivity contribution in [2.45, 2.75) is 32.3 Å². The summed E-state index contributed by atoms with van der Waals surface area (Å²) < 4.78 is 4.91. The van der Waals surface area contributed by atoms with Crippen LogP contribution in [-0.4, -0.2) is 49.5 Å². The first-order valence-corrected chi connectivity index (χ1v) is 5.65. The van der Waals surface area contributed by atoms with Gasteiger partial charge in [0.1, 0.15) is 0 Å². The minimum Gasteiger partial charge on any atom is -0.389 e. The van der Waals surface area contributed by atoms with Gasteiger partial charge in [-0.2, -0.15) is 0 Å². The minimum absolute atomic E-state index is 0.319. The van der Waals surface area contributed by atoms with Gasteiger partial charge in [0.25, 0.3) is 0 Å². The number of hydrogen-bond donors (Lipinski definition) is 1. The van der Waals surface area contributed by atoms with E-state index in [0.29, 0.717) is 6.61 Å². The largest absolute Gasteiger partial charge is 0.389 e. The first-order chi connectivity index (χ1) is 6.76. The molecule has 1 heterocycles. The standard InChI is InChI=1S/C11H23NO2/c1-3-4-10-5-6-12(7-10)8-11(13)9-14-2/h10-11,13H,3-9H2,1-2H3/t10-,11-/m1/s1. The van der Waals surface area contributed by atoms with Crippen LogP contribution < -0.4 is 0 Å². The van der Waals surface area contributed by atoms with E-state index in [1.165, 1.54) is 19.3 Å². The molecule has 0 amide bonds. The van der Waals surface area contributed by atoms with E-state index in [0.717, 1.165) is 25.6 Å². The van der Waals surface area contributed by atoms with Crippen LogP contribution in [0.25, 0.3) is 0 Å². The molecule has 0 bridgehead atoms. The minimum atomic E-state index is -0.319. The lowest BCUT2D eigenvalue weighted by Gasteiger charge is -2.19. The normalized spacial score (nSPS) is 25.5. The van der Waals surface area contributed by atoms with Gasteiger partial charge in [0, 0.05) is 20.2 Å². The van der Waals surface area contributed by atoms with Gasteiger partial charge in [-0.3, -0.25) is 0 Å². The summed E-state index contributed by atoms with van der Waals surface area (Å²) in [6.45, 7) is 5.77. The molecule has 1 aliphatic rings. The predicted molar refractivity (Wildman–Crippen MR) is 57.3 cm³/mol. The summed E-state index contributed by atoms with van der Waals surface area (Å²) in [5, 5.41) is 9.56. The molecule has 0 radical (unpaired) electrons. The zero-order valence-corrected chi connectivity index (χ0v) is 9.41. The maximum atomic E-state index is 9.56. The molecule has 3 heteroatoms. The Morgan fingerprint density at radius 3 is 3.00 bits per heavy atom. The maximum Gasteiger partial charge on any atom is 0.0900 e. The van der Waals surface area contributed by atoms with Crippen molar-refractivity contribution in [3.63, 3.8) is 0 Å². The number of ether oxygens (including phenoxy) is 1. The first kappa shape index (κ1) is 12.0. The number of nitrogens with zero attached hydrogens (tertiary/aromatic N) is 1. The Morgan fingerprint density at radius 2 is 2.36 bits per heavy atom. The number of aliphatic hydroxyl groups excluding tert-OH is 1. The molecule has 84 valence electrons. The fourth-order valence-electron chi connectivity index (χ4n) is 2.27. The molecule has 0 spiro atoms. The van der Waals surface area contributed by atoms with Gasteiger partial charge in [0.05, 0.1) is 12.7 Å². The van der Waals surface area contributed by atoms with Crippen LogP contribution >= 0.6 is 0 Å². The molecule has 0 aromatic rings. The Morgan fingerprint density at radius 1 is 1.57 bits per heavy atom. The van der Waals surface area contributed by atoms with Crippen molar-refractivity contribution >= 4 is 0 Å². The average Bonchev–Trinajstić information content (AvgIpc) is 2.53. The summed E-state index contributed by atoms with van der Waals surface area (Å²) in [6.07, 6.45) is 3.59. The summed E-state index contributed by atoms with van der Waals surface area (Å²) in [7, 11) is 1.63. The van der Waals surface area contributed by atoms with E-state index < -0.39 is 0 Å². The van der Waals surface area contributed by atoms with Gasteiger partial charge < -0.3 is 14.7 Å². The Hall–Kier alpha value is -0.120. The van der Waals surface area contributed by atoms with Crippen molar-refractivity contribution in [2.75, 3.05) is 33.4 Å². The monoisotopic (exact) mass is 201 g/mol. The summed E-state index contributed by atoms with van der Waals surface area (Å²) in [4.78, 5) is 2.35. The number of aliphatic hydroxyl groups is 1. The zero-order chi connectivity index (χ0) is 10.4. The molecule has 2 atom stereocenters. The highest BCUT2D eigenvalue weighted by molar-refractivity contribution is 4.76. The van der Waals surface area contributed by atoms with Gasteiger partial charge in [-0.05, 0) is 25.3 Å². The second-order valence-electron chi connectivity index (χ2n) is 4.31. The molecular weight excluding hydrogens is 178 g/mol. The SMILES string of the molecule is CCC[C@@H]1CCN(C[C@@H](O)COC)C1. The van der Waals surface area contributed by atoms with Crippen molar-refractivity contribution in [1.82, 2.24) is 4.90 Å². The predicted octanol–water partition coefficient (Wildman–Crippen LogP) is 1.12. The first-order valence-electron chi connectivity index (χ1n) is 5.65. The molecule has 0 aromatic heterocycles. The van der Waals surface area contributed by atoms with Gasteiger partial charge >= 0.3 is 0 Å². The molecule has 0 unspecified atom stereocenters. The quantitative estimate of drug-likeness (QED) is 0.699. The maximum absolute atomic E-state index is 9.56. The van der Waals surface area contributed by atoms with Crippen molar-refractivity contribution in [3.8, 4) is 0 Å². The lowest BCUT2D eigenvalue weighted by Crippen LogP contribution is -2.33. The van der Waals surface area contributed by atoms with E-state index in [9.17, 15) is 5.11 Å². The lowest BCUT2D eigenvalue weighted by molar-refractivity contribution is 0.0420. The van der Waals surface area contributed by atoms with Gasteiger partial charge in [0.2, 0.25) is 0 Å². The zero-order valence-electron chi connectivity index (χ0n) is 9.41. The number of β-amino-alcohol motifs (C(OH)–C–C–N with tert-alkyl or cyclic N) is 1. The molecule has 0 saturated carbocycles. The third kappa shape index (κ3) is 3.95. The number of hydrogen-bond acceptors (Lipinski definition) is 3. The van der Waals surface area contributed by atoms with Crippen LogP contribution in [0.3, 0.4) is 0 Å². The smallest absolute Gasteiger partial charge is 0.0900 e. The molecule has 1 saturated heterocycles. The Bertz CT molecular complexity index is 152. The van der Waals surface area contributed by atoms with E-state index in [2.05, 4.69) is 11.8 Å². The third-order valence-corrected chi connectivity index (χ3v) is 2.89. The van der Waals surface area contributed by atoms with E-state index in [-0.39, 0.29) is 6.10 Å². The number of methoxy groups -OCH3 is 1. The van der Waals surface area contributed by atoms with Crippen LogP contribution in [0.2, 0.25) is 0 Å². The summed E-state index contributed by atoms with van der Waals surface area (Å²) in [6, 6.07) is 0. The molecule has 1 fully saturated rings. The van der Waals surface area contributed by atoms with E-state index in [4.69, 9.17) is 4.74 Å². The second kappa shape index (κ2) is 6.38. The second-order valence-corrected chi connectivity index (χ2v) is 4.31. The van der Waals surface area contributed by atoms with Crippen molar-refractivity contribution in [1.29, 1.82) is 0 Å². The average molecular weight is 201 g/mol. The van der Waals surface area contributed by atoms with E-state index >= 15 is 0 Å². The summed E-state index contributed by atoms with van der Waals surface area (Å²) in [5.41, 5.74) is 0. The summed E-state index contributed by atoms with van der Waals surface area (Å²) in [5.74, 6) is 0.856. The van der Waals surface area contributed by atoms with E-state index in [1.807, 2.05) is 0 Å². The van der Waals surface area contributed by atoms with E-state index in [1.54, 1.807) is 7.11 Å². The molecule has 0 aromatic carbocycles. The highest BCUT2D eigenvalue weighted by atomic mass is 16.5. The lowest BCUT2D eigenvalue weighted by atomic mass is 10.0. The van der Waals surface area contributed by atoms with Crippen molar-refractivity contribution in [3.05, 3.63) is 0 Å². The summed E-state index contributed by atoms with van der Waals surface area (Å²) >= 11 is 0. The van der Waals surface area contributed by atoms with Crippen molar-refractivity contribution < 1.29 is 9.84 Å². The third-order valence-electron chi connectivity index (χ3n) is 2.89. The van der Waals surface area contributed by atoms with Crippen LogP contribution in [0.4, 0.5) is 0 Å². The Balaban J connectivity index is 2.15. The molecule has 1 aliphatic heterocycles. The van der Waals surface area contributed by atoms with Gasteiger partial charge in [-0.25, -0.2) is 0 Å². The van der Waals surface area contributed by atoms with Gasteiger partial charge in [-0.15, -0.1) is 0 Å². The van der Waals surface area contributed by atoms with Crippen LogP contribution in [0, 0.1) is 5.92 Å². The molecule has 0 aliphatic carbocycles. The molecule has 1 rings (SSSR count). The van der Waals surface area contributed by atoms with Crippen LogP contribution in [0.1, 0.15) is 26.2 Å².